The zero-order valence-electron chi connectivity index (χ0n) is 17.6. The van der Waals surface area contributed by atoms with Gasteiger partial charge in [-0.2, -0.15) is 0 Å². The van der Waals surface area contributed by atoms with Gasteiger partial charge in [0.05, 0.1) is 19.8 Å². The molecular formula is C24H38O4. The molecule has 4 aliphatic carbocycles. The minimum atomic E-state index is -0.269. The van der Waals surface area contributed by atoms with Crippen molar-refractivity contribution < 1.29 is 18.9 Å². The Morgan fingerprint density at radius 3 is 2.68 bits per heavy atom. The lowest BCUT2D eigenvalue weighted by molar-refractivity contribution is -0.261. The van der Waals surface area contributed by atoms with Gasteiger partial charge in [-0.15, -0.1) is 0 Å². The van der Waals surface area contributed by atoms with Crippen LogP contribution in [0, 0.1) is 23.7 Å². The van der Waals surface area contributed by atoms with Gasteiger partial charge in [0.15, 0.2) is 12.1 Å². The molecule has 158 valence electrons. The maximum Gasteiger partial charge on any atom is 0.171 e. The molecule has 1 heterocycles. The average Bonchev–Trinajstić information content (AvgIpc) is 3.44. The fourth-order valence-corrected chi connectivity index (χ4v) is 7.04. The summed E-state index contributed by atoms with van der Waals surface area (Å²) in [5.74, 6) is 2.53. The normalized spacial score (nSPS) is 40.6. The first kappa shape index (κ1) is 19.5. The molecule has 5 unspecified atom stereocenters. The molecule has 5 rings (SSSR count). The lowest BCUT2D eigenvalue weighted by atomic mass is 9.69. The largest absolute Gasteiger partial charge is 0.350 e. The van der Waals surface area contributed by atoms with Crippen LogP contribution in [0.2, 0.25) is 0 Å². The summed E-state index contributed by atoms with van der Waals surface area (Å²) in [5, 5.41) is 0. The second-order valence-electron chi connectivity index (χ2n) is 9.82. The monoisotopic (exact) mass is 390 g/mol. The summed E-state index contributed by atoms with van der Waals surface area (Å²) in [5.41, 5.74) is 3.39. The number of hydrogen-bond donors (Lipinski definition) is 0. The lowest BCUT2D eigenvalue weighted by Gasteiger charge is -2.40. The number of rotatable bonds is 8. The van der Waals surface area contributed by atoms with E-state index in [0.717, 1.165) is 57.5 Å². The van der Waals surface area contributed by atoms with Crippen molar-refractivity contribution in [3.05, 3.63) is 11.1 Å². The van der Waals surface area contributed by atoms with E-state index in [4.69, 9.17) is 18.9 Å². The minimum absolute atomic E-state index is 0.00662. The number of allylic oxidation sites excluding steroid dienone is 1. The van der Waals surface area contributed by atoms with E-state index < -0.39 is 0 Å². The van der Waals surface area contributed by atoms with Crippen molar-refractivity contribution in [2.45, 2.75) is 89.6 Å². The van der Waals surface area contributed by atoms with Gasteiger partial charge in [0.2, 0.25) is 0 Å². The van der Waals surface area contributed by atoms with Crippen LogP contribution in [0.4, 0.5) is 0 Å². The summed E-state index contributed by atoms with van der Waals surface area (Å²) in [6, 6.07) is 0. The fourth-order valence-electron chi connectivity index (χ4n) is 7.04. The van der Waals surface area contributed by atoms with Gasteiger partial charge >= 0.3 is 0 Å². The van der Waals surface area contributed by atoms with Crippen molar-refractivity contribution >= 4 is 0 Å². The van der Waals surface area contributed by atoms with Gasteiger partial charge in [-0.05, 0) is 83.0 Å². The summed E-state index contributed by atoms with van der Waals surface area (Å²) in [6.45, 7) is 5.21. The number of hydrogen-bond acceptors (Lipinski definition) is 4. The molecule has 4 nitrogen and oxygen atoms in total. The quantitative estimate of drug-likeness (QED) is 0.324. The van der Waals surface area contributed by atoms with E-state index in [1.807, 2.05) is 0 Å². The average molecular weight is 391 g/mol. The molecule has 1 aliphatic heterocycles. The lowest BCUT2D eigenvalue weighted by Crippen LogP contribution is -2.41. The third-order valence-corrected chi connectivity index (χ3v) is 8.15. The predicted molar refractivity (Wildman–Crippen MR) is 108 cm³/mol. The third kappa shape index (κ3) is 3.71. The van der Waals surface area contributed by atoms with E-state index in [-0.39, 0.29) is 12.1 Å². The Kier molecular flexibility index (Phi) is 5.84. The molecule has 0 aromatic heterocycles. The molecule has 0 amide bonds. The highest BCUT2D eigenvalue weighted by Gasteiger charge is 2.52. The van der Waals surface area contributed by atoms with Gasteiger partial charge in [0.1, 0.15) is 0 Å². The number of fused-ring (bicyclic) bond motifs is 4. The Hall–Kier alpha value is -0.420. The van der Waals surface area contributed by atoms with E-state index in [1.54, 1.807) is 11.1 Å². The molecule has 1 saturated heterocycles. The maximum atomic E-state index is 6.51. The van der Waals surface area contributed by atoms with Crippen LogP contribution in [0.25, 0.3) is 0 Å². The smallest absolute Gasteiger partial charge is 0.171 e. The predicted octanol–water partition coefficient (Wildman–Crippen LogP) is 5.22. The molecule has 0 aromatic carbocycles. The Morgan fingerprint density at radius 2 is 1.93 bits per heavy atom. The van der Waals surface area contributed by atoms with E-state index >= 15 is 0 Å². The van der Waals surface area contributed by atoms with Crippen molar-refractivity contribution in [2.75, 3.05) is 26.4 Å². The second kappa shape index (κ2) is 8.37. The Bertz CT molecular complexity index is 581. The Balaban J connectivity index is 1.21. The first-order valence-corrected chi connectivity index (χ1v) is 12.0. The molecule has 5 aliphatic rings. The van der Waals surface area contributed by atoms with Crippen LogP contribution in [0.3, 0.4) is 0 Å². The summed E-state index contributed by atoms with van der Waals surface area (Å²) in [6.07, 6.45) is 14.0. The number of ether oxygens (including phenoxy) is 4. The molecule has 3 saturated carbocycles. The van der Waals surface area contributed by atoms with E-state index in [0.29, 0.717) is 11.8 Å². The van der Waals surface area contributed by atoms with Crippen LogP contribution >= 0.6 is 0 Å². The summed E-state index contributed by atoms with van der Waals surface area (Å²) in [4.78, 5) is 0. The van der Waals surface area contributed by atoms with Crippen molar-refractivity contribution in [3.8, 4) is 0 Å². The topological polar surface area (TPSA) is 36.9 Å². The third-order valence-electron chi connectivity index (χ3n) is 8.15. The molecule has 28 heavy (non-hydrogen) atoms. The molecule has 4 fully saturated rings. The van der Waals surface area contributed by atoms with Gasteiger partial charge in [0, 0.05) is 24.9 Å². The van der Waals surface area contributed by atoms with Gasteiger partial charge in [-0.3, -0.25) is 0 Å². The fraction of sp³-hybridized carbons (Fsp3) is 0.917. The van der Waals surface area contributed by atoms with Crippen molar-refractivity contribution in [2.24, 2.45) is 23.7 Å². The minimum Gasteiger partial charge on any atom is -0.350 e. The molecule has 0 aromatic rings. The maximum absolute atomic E-state index is 6.51. The van der Waals surface area contributed by atoms with Gasteiger partial charge in [-0.25, -0.2) is 0 Å². The zero-order chi connectivity index (χ0) is 19.0. The summed E-state index contributed by atoms with van der Waals surface area (Å²) in [7, 11) is 0. The Labute approximate surface area is 170 Å². The van der Waals surface area contributed by atoms with Crippen LogP contribution in [0.15, 0.2) is 11.1 Å². The van der Waals surface area contributed by atoms with Crippen LogP contribution in [0.5, 0.6) is 0 Å². The Morgan fingerprint density at radius 1 is 1.04 bits per heavy atom. The highest BCUT2D eigenvalue weighted by molar-refractivity contribution is 5.24. The molecule has 5 atom stereocenters. The van der Waals surface area contributed by atoms with Crippen LogP contribution in [-0.4, -0.2) is 38.5 Å². The van der Waals surface area contributed by atoms with Gasteiger partial charge in [0.25, 0.3) is 0 Å². The molecule has 4 heteroatoms. The van der Waals surface area contributed by atoms with Crippen LogP contribution < -0.4 is 0 Å². The van der Waals surface area contributed by atoms with Crippen molar-refractivity contribution in [1.82, 2.24) is 0 Å². The van der Waals surface area contributed by atoms with Crippen molar-refractivity contribution in [3.63, 3.8) is 0 Å². The van der Waals surface area contributed by atoms with Gasteiger partial charge in [-0.1, -0.05) is 11.1 Å². The second-order valence-corrected chi connectivity index (χ2v) is 9.82. The molecule has 0 radical (unpaired) electrons. The summed E-state index contributed by atoms with van der Waals surface area (Å²) >= 11 is 0. The SMILES string of the molecule is CCOC1(OCCCC2=C3CCCC(C3)CC2C2OCCO2)CC2CCC1C2. The molecule has 4 bridgehead atoms. The van der Waals surface area contributed by atoms with Gasteiger partial charge < -0.3 is 18.9 Å². The first-order chi connectivity index (χ1) is 13.8. The van der Waals surface area contributed by atoms with Crippen molar-refractivity contribution in [1.29, 1.82) is 0 Å². The van der Waals surface area contributed by atoms with E-state index in [1.165, 1.54) is 51.4 Å². The van der Waals surface area contributed by atoms with Crippen LogP contribution in [0.1, 0.15) is 77.6 Å². The highest BCUT2D eigenvalue weighted by atomic mass is 16.7. The van der Waals surface area contributed by atoms with Crippen LogP contribution in [-0.2, 0) is 18.9 Å². The van der Waals surface area contributed by atoms with E-state index in [2.05, 4.69) is 6.92 Å². The van der Waals surface area contributed by atoms with E-state index in [9.17, 15) is 0 Å². The zero-order valence-corrected chi connectivity index (χ0v) is 17.6. The highest BCUT2D eigenvalue weighted by Crippen LogP contribution is 2.53. The molecular weight excluding hydrogens is 352 g/mol. The standard InChI is InChI=1S/C24H38O4/c1-2-27-24(16-18-8-9-20(24)14-18)28-10-4-7-21-19-6-3-5-17(13-19)15-22(21)23-25-11-12-26-23/h17-18,20,22-23H,2-16H2,1H3. The first-order valence-electron chi connectivity index (χ1n) is 12.0. The molecule has 0 N–H and O–H groups in total. The summed E-state index contributed by atoms with van der Waals surface area (Å²) < 4.78 is 24.6. The molecule has 0 spiro atoms.